The number of rotatable bonds is 2. The number of phenolic OH excluding ortho intramolecular Hbond substituents is 3. The van der Waals surface area contributed by atoms with Crippen LogP contribution in [0.2, 0.25) is 0 Å². The van der Waals surface area contributed by atoms with E-state index in [0.717, 1.165) is 6.07 Å². The summed E-state index contributed by atoms with van der Waals surface area (Å²) in [6.07, 6.45) is 0. The first-order valence-electron chi connectivity index (χ1n) is 8.05. The van der Waals surface area contributed by atoms with Crippen LogP contribution < -0.4 is 5.63 Å². The Morgan fingerprint density at radius 2 is 1.48 bits per heavy atom. The molecule has 3 aromatic carbocycles. The zero-order valence-electron chi connectivity index (χ0n) is 13.9. The van der Waals surface area contributed by atoms with Crippen molar-refractivity contribution in [1.29, 1.82) is 0 Å². The topological polar surface area (TPSA) is 111 Å². The molecule has 0 unspecified atom stereocenters. The van der Waals surface area contributed by atoms with E-state index >= 15 is 0 Å². The van der Waals surface area contributed by atoms with Crippen molar-refractivity contribution in [3.63, 3.8) is 0 Å². The fourth-order valence-corrected chi connectivity index (χ4v) is 3.17. The van der Waals surface area contributed by atoms with Crippen molar-refractivity contribution >= 4 is 10.8 Å². The predicted octanol–water partition coefficient (Wildman–Crippen LogP) is 3.95. The molecule has 0 saturated carbocycles. The highest BCUT2D eigenvalue weighted by molar-refractivity contribution is 6.08. The van der Waals surface area contributed by atoms with Crippen molar-refractivity contribution in [2.24, 2.45) is 0 Å². The summed E-state index contributed by atoms with van der Waals surface area (Å²) in [5.41, 5.74) is 0.814. The third kappa shape index (κ3) is 2.83. The maximum atomic E-state index is 11.8. The summed E-state index contributed by atoms with van der Waals surface area (Å²) >= 11 is 0. The van der Waals surface area contributed by atoms with Gasteiger partial charge in [-0.05, 0) is 35.4 Å². The Hall–Kier alpha value is -3.93. The van der Waals surface area contributed by atoms with Crippen LogP contribution >= 0.6 is 0 Å². The molecule has 4 rings (SSSR count). The molecule has 4 N–H and O–H groups in total. The third-order valence-corrected chi connectivity index (χ3v) is 4.30. The quantitative estimate of drug-likeness (QED) is 0.430. The normalized spacial score (nSPS) is 11.0. The van der Waals surface area contributed by atoms with Gasteiger partial charge in [0.05, 0.1) is 11.5 Å². The second kappa shape index (κ2) is 6.10. The molecule has 27 heavy (non-hydrogen) atoms. The summed E-state index contributed by atoms with van der Waals surface area (Å²) in [7, 11) is 0. The van der Waals surface area contributed by atoms with Gasteiger partial charge in [-0.15, -0.1) is 0 Å². The van der Waals surface area contributed by atoms with Gasteiger partial charge < -0.3 is 24.8 Å². The number of fused-ring (bicyclic) bond motifs is 1. The first kappa shape index (κ1) is 16.5. The average Bonchev–Trinajstić information content (AvgIpc) is 2.61. The Bertz CT molecular complexity index is 1220. The van der Waals surface area contributed by atoms with Crippen LogP contribution in [0, 0.1) is 0 Å². The summed E-state index contributed by atoms with van der Waals surface area (Å²) in [4.78, 5) is 11.8. The second-order valence-corrected chi connectivity index (χ2v) is 6.06. The lowest BCUT2D eigenvalue weighted by Gasteiger charge is -2.15. The highest BCUT2D eigenvalue weighted by atomic mass is 16.4. The molecule has 0 saturated heterocycles. The molecule has 0 fully saturated rings. The lowest BCUT2D eigenvalue weighted by Crippen LogP contribution is -1.98. The molecule has 0 spiro atoms. The van der Waals surface area contributed by atoms with Crippen molar-refractivity contribution in [2.75, 3.05) is 0 Å². The SMILES string of the molecule is O=c1cc(O)cc(-c2c(-c3ccc(O)cc3)cc(O)c3c(O)cccc23)o1. The van der Waals surface area contributed by atoms with Crippen LogP contribution in [0.4, 0.5) is 0 Å². The Labute approximate surface area is 152 Å². The molecule has 6 nitrogen and oxygen atoms in total. The van der Waals surface area contributed by atoms with Gasteiger partial charge in [-0.2, -0.15) is 0 Å². The number of benzene rings is 3. The fourth-order valence-electron chi connectivity index (χ4n) is 3.17. The van der Waals surface area contributed by atoms with Gasteiger partial charge in [0.25, 0.3) is 0 Å². The maximum Gasteiger partial charge on any atom is 0.339 e. The van der Waals surface area contributed by atoms with Crippen molar-refractivity contribution < 1.29 is 24.8 Å². The van der Waals surface area contributed by atoms with Crippen molar-refractivity contribution in [3.05, 3.63) is 71.1 Å². The van der Waals surface area contributed by atoms with Gasteiger partial charge in [0.15, 0.2) is 0 Å². The minimum Gasteiger partial charge on any atom is -0.508 e. The van der Waals surface area contributed by atoms with E-state index in [1.165, 1.54) is 30.3 Å². The van der Waals surface area contributed by atoms with E-state index in [0.29, 0.717) is 22.1 Å². The molecule has 0 bridgehead atoms. The zero-order valence-corrected chi connectivity index (χ0v) is 13.9. The minimum absolute atomic E-state index is 0.0758. The summed E-state index contributed by atoms with van der Waals surface area (Å²) in [6, 6.07) is 14.6. The molecular formula is C21H14O6. The van der Waals surface area contributed by atoms with Gasteiger partial charge in [0, 0.05) is 17.0 Å². The molecule has 0 aliphatic heterocycles. The summed E-state index contributed by atoms with van der Waals surface area (Å²) in [6.45, 7) is 0. The molecule has 0 aliphatic rings. The van der Waals surface area contributed by atoms with Crippen LogP contribution in [0.25, 0.3) is 33.2 Å². The molecule has 1 heterocycles. The summed E-state index contributed by atoms with van der Waals surface area (Å²) < 4.78 is 5.29. The van der Waals surface area contributed by atoms with Gasteiger partial charge in [0.1, 0.15) is 28.8 Å². The monoisotopic (exact) mass is 362 g/mol. The van der Waals surface area contributed by atoms with E-state index < -0.39 is 5.63 Å². The second-order valence-electron chi connectivity index (χ2n) is 6.06. The van der Waals surface area contributed by atoms with Crippen molar-refractivity contribution in [2.45, 2.75) is 0 Å². The lowest BCUT2D eigenvalue weighted by atomic mass is 9.91. The highest BCUT2D eigenvalue weighted by Gasteiger charge is 2.19. The summed E-state index contributed by atoms with van der Waals surface area (Å²) in [5, 5.41) is 40.7. The molecule has 4 aromatic rings. The average molecular weight is 362 g/mol. The Kier molecular flexibility index (Phi) is 3.74. The van der Waals surface area contributed by atoms with Crippen LogP contribution in [0.1, 0.15) is 0 Å². The van der Waals surface area contributed by atoms with E-state index in [9.17, 15) is 25.2 Å². The molecule has 6 heteroatoms. The fraction of sp³-hybridized carbons (Fsp3) is 0. The molecule has 0 aliphatic carbocycles. The minimum atomic E-state index is -0.733. The van der Waals surface area contributed by atoms with E-state index in [1.807, 2.05) is 0 Å². The first-order valence-corrected chi connectivity index (χ1v) is 8.05. The maximum absolute atomic E-state index is 11.8. The van der Waals surface area contributed by atoms with Crippen LogP contribution in [0.3, 0.4) is 0 Å². The van der Waals surface area contributed by atoms with E-state index in [-0.39, 0.29) is 34.1 Å². The van der Waals surface area contributed by atoms with E-state index in [2.05, 4.69) is 0 Å². The summed E-state index contributed by atoms with van der Waals surface area (Å²) in [5.74, 6) is -0.395. The number of phenols is 3. The van der Waals surface area contributed by atoms with Crippen LogP contribution in [-0.4, -0.2) is 20.4 Å². The molecule has 0 atom stereocenters. The largest absolute Gasteiger partial charge is 0.508 e. The smallest absolute Gasteiger partial charge is 0.339 e. The van der Waals surface area contributed by atoms with Crippen molar-refractivity contribution in [1.82, 2.24) is 0 Å². The van der Waals surface area contributed by atoms with Crippen molar-refractivity contribution in [3.8, 4) is 45.4 Å². The highest BCUT2D eigenvalue weighted by Crippen LogP contribution is 2.45. The Morgan fingerprint density at radius 3 is 2.19 bits per heavy atom. The van der Waals surface area contributed by atoms with Gasteiger partial charge in [-0.3, -0.25) is 0 Å². The van der Waals surface area contributed by atoms with Gasteiger partial charge >= 0.3 is 5.63 Å². The standard InChI is InChI=1S/C21H14O6/c22-12-6-4-11(5-7-12)15-10-17(25)21-14(2-1-3-16(21)24)20(15)18-8-13(23)9-19(26)27-18/h1-10,22-25H. The van der Waals surface area contributed by atoms with Crippen LogP contribution in [0.5, 0.6) is 23.0 Å². The van der Waals surface area contributed by atoms with Crippen LogP contribution in [0.15, 0.2) is 69.9 Å². The molecule has 1 aromatic heterocycles. The first-order chi connectivity index (χ1) is 12.9. The van der Waals surface area contributed by atoms with Gasteiger partial charge in [-0.25, -0.2) is 4.79 Å². The number of aromatic hydroxyl groups is 4. The predicted molar refractivity (Wildman–Crippen MR) is 100 cm³/mol. The molecule has 0 amide bonds. The molecule has 134 valence electrons. The molecular weight excluding hydrogens is 348 g/mol. The number of hydrogen-bond donors (Lipinski definition) is 4. The van der Waals surface area contributed by atoms with E-state index in [1.54, 1.807) is 24.3 Å². The number of hydrogen-bond acceptors (Lipinski definition) is 6. The van der Waals surface area contributed by atoms with Gasteiger partial charge in [0.2, 0.25) is 0 Å². The Balaban J connectivity index is 2.17. The lowest BCUT2D eigenvalue weighted by molar-refractivity contribution is 0.453. The van der Waals surface area contributed by atoms with Crippen LogP contribution in [-0.2, 0) is 0 Å². The third-order valence-electron chi connectivity index (χ3n) is 4.30. The zero-order chi connectivity index (χ0) is 19.1. The Morgan fingerprint density at radius 1 is 0.741 bits per heavy atom. The molecule has 0 radical (unpaired) electrons. The van der Waals surface area contributed by atoms with Gasteiger partial charge in [-0.1, -0.05) is 24.3 Å². The van der Waals surface area contributed by atoms with E-state index in [4.69, 9.17) is 4.42 Å².